The highest BCUT2D eigenvalue weighted by Gasteiger charge is 2.14. The molecule has 0 heterocycles. The molecule has 0 aliphatic carbocycles. The number of sulfonamides is 2. The highest BCUT2D eigenvalue weighted by molar-refractivity contribution is 7.92. The molecule has 0 aromatic heterocycles. The molecule has 0 radical (unpaired) electrons. The minimum atomic E-state index is -3.74. The summed E-state index contributed by atoms with van der Waals surface area (Å²) < 4.78 is 57.7. The van der Waals surface area contributed by atoms with Gasteiger partial charge in [-0.15, -0.1) is 0 Å². The topological polar surface area (TPSA) is 131 Å². The Labute approximate surface area is 176 Å². The molecule has 0 saturated heterocycles. The highest BCUT2D eigenvalue weighted by atomic mass is 32.2. The maximum absolute atomic E-state index is 12.3. The lowest BCUT2D eigenvalue weighted by molar-refractivity contribution is -0.116. The number of ether oxygens (including phenoxy) is 1. The summed E-state index contributed by atoms with van der Waals surface area (Å²) in [5.74, 6) is 0.147. The Morgan fingerprint density at radius 2 is 1.50 bits per heavy atom. The van der Waals surface area contributed by atoms with E-state index in [1.807, 2.05) is 6.92 Å². The van der Waals surface area contributed by atoms with Gasteiger partial charge in [-0.2, -0.15) is 0 Å². The van der Waals surface area contributed by atoms with Crippen LogP contribution in [0.4, 0.5) is 11.4 Å². The molecule has 11 heteroatoms. The number of carbonyl (C=O) groups is 1. The van der Waals surface area contributed by atoms with Crippen LogP contribution in [0.25, 0.3) is 0 Å². The van der Waals surface area contributed by atoms with Gasteiger partial charge in [0.15, 0.2) is 0 Å². The molecule has 0 aliphatic rings. The van der Waals surface area contributed by atoms with Crippen LogP contribution in [0.1, 0.15) is 20.3 Å². The van der Waals surface area contributed by atoms with Crippen LogP contribution in [0, 0.1) is 0 Å². The van der Waals surface area contributed by atoms with Crippen LogP contribution >= 0.6 is 0 Å². The van der Waals surface area contributed by atoms with Crippen molar-refractivity contribution < 1.29 is 26.4 Å². The van der Waals surface area contributed by atoms with Crippen molar-refractivity contribution >= 4 is 37.3 Å². The van der Waals surface area contributed by atoms with Crippen LogP contribution < -0.4 is 19.5 Å². The highest BCUT2D eigenvalue weighted by Crippen LogP contribution is 2.17. The third-order valence-corrected chi connectivity index (χ3v) is 6.69. The third kappa shape index (κ3) is 7.32. The lowest BCUT2D eigenvalue weighted by Crippen LogP contribution is -2.27. The molecule has 0 spiro atoms. The van der Waals surface area contributed by atoms with Gasteiger partial charge in [-0.3, -0.25) is 9.52 Å². The zero-order valence-corrected chi connectivity index (χ0v) is 18.3. The SMILES string of the molecule is CCOc1ccc(S(=O)(=O)NCCC(=O)Nc2ccc(NS(=O)(=O)CC)cc2)cc1. The van der Waals surface area contributed by atoms with Crippen LogP contribution in [0.2, 0.25) is 0 Å². The van der Waals surface area contributed by atoms with E-state index in [9.17, 15) is 21.6 Å². The van der Waals surface area contributed by atoms with Gasteiger partial charge in [-0.1, -0.05) is 0 Å². The molecule has 0 atom stereocenters. The van der Waals surface area contributed by atoms with Crippen molar-refractivity contribution in [2.45, 2.75) is 25.2 Å². The Bertz CT molecular complexity index is 1050. The first-order valence-electron chi connectivity index (χ1n) is 9.28. The Balaban J connectivity index is 1.84. The van der Waals surface area contributed by atoms with Gasteiger partial charge in [0.1, 0.15) is 5.75 Å². The Morgan fingerprint density at radius 3 is 2.07 bits per heavy atom. The van der Waals surface area contributed by atoms with Crippen LogP contribution in [0.3, 0.4) is 0 Å². The van der Waals surface area contributed by atoms with Gasteiger partial charge in [-0.05, 0) is 62.4 Å². The number of hydrogen-bond acceptors (Lipinski definition) is 6. The van der Waals surface area contributed by atoms with Gasteiger partial charge in [-0.25, -0.2) is 21.6 Å². The molecule has 0 aliphatic heterocycles. The lowest BCUT2D eigenvalue weighted by Gasteiger charge is -2.10. The number of benzene rings is 2. The molecule has 164 valence electrons. The summed E-state index contributed by atoms with van der Waals surface area (Å²) in [4.78, 5) is 12.1. The molecule has 0 saturated carbocycles. The maximum atomic E-state index is 12.3. The summed E-state index contributed by atoms with van der Waals surface area (Å²) in [6.07, 6.45) is -0.0690. The molecule has 1 amide bonds. The molecule has 30 heavy (non-hydrogen) atoms. The van der Waals surface area contributed by atoms with Gasteiger partial charge >= 0.3 is 0 Å². The predicted molar refractivity (Wildman–Crippen MR) is 116 cm³/mol. The second-order valence-electron chi connectivity index (χ2n) is 6.18. The van der Waals surface area contributed by atoms with E-state index in [-0.39, 0.29) is 29.5 Å². The van der Waals surface area contributed by atoms with Gasteiger partial charge in [0.05, 0.1) is 17.3 Å². The zero-order chi connectivity index (χ0) is 22.2. The molecular weight excluding hydrogens is 430 g/mol. The molecule has 0 unspecified atom stereocenters. The first kappa shape index (κ1) is 23.6. The summed E-state index contributed by atoms with van der Waals surface area (Å²) in [6, 6.07) is 12.1. The Hall–Kier alpha value is -2.63. The monoisotopic (exact) mass is 455 g/mol. The molecule has 9 nitrogen and oxygen atoms in total. The molecular formula is C19H25N3O6S2. The Kier molecular flexibility index (Phi) is 8.21. The number of anilines is 2. The van der Waals surface area contributed by atoms with E-state index in [0.29, 0.717) is 23.7 Å². The molecule has 0 fully saturated rings. The van der Waals surface area contributed by atoms with Crippen LogP contribution in [0.5, 0.6) is 5.75 Å². The number of carbonyl (C=O) groups excluding carboxylic acids is 1. The van der Waals surface area contributed by atoms with Crippen LogP contribution in [-0.4, -0.2) is 41.6 Å². The number of amides is 1. The van der Waals surface area contributed by atoms with E-state index in [1.165, 1.54) is 31.2 Å². The van der Waals surface area contributed by atoms with Crippen molar-refractivity contribution in [3.05, 3.63) is 48.5 Å². The zero-order valence-electron chi connectivity index (χ0n) is 16.7. The van der Waals surface area contributed by atoms with Gasteiger partial charge in [0.2, 0.25) is 26.0 Å². The summed E-state index contributed by atoms with van der Waals surface area (Å²) in [7, 11) is -7.11. The minimum absolute atomic E-state index is 0.0436. The normalized spacial score (nSPS) is 11.7. The molecule has 2 rings (SSSR count). The second kappa shape index (κ2) is 10.4. The summed E-state index contributed by atoms with van der Waals surface area (Å²) in [5.41, 5.74) is 0.854. The number of hydrogen-bond donors (Lipinski definition) is 3. The Morgan fingerprint density at radius 1 is 0.900 bits per heavy atom. The van der Waals surface area contributed by atoms with Crippen LogP contribution in [0.15, 0.2) is 53.4 Å². The lowest BCUT2D eigenvalue weighted by atomic mass is 10.3. The number of rotatable bonds is 11. The van der Waals surface area contributed by atoms with Crippen molar-refractivity contribution in [2.75, 3.05) is 28.9 Å². The largest absolute Gasteiger partial charge is 0.494 e. The molecule has 2 aromatic rings. The first-order chi connectivity index (χ1) is 14.1. The van der Waals surface area contributed by atoms with E-state index in [1.54, 1.807) is 24.3 Å². The van der Waals surface area contributed by atoms with E-state index in [2.05, 4.69) is 14.8 Å². The summed E-state index contributed by atoms with van der Waals surface area (Å²) in [5, 5.41) is 2.63. The smallest absolute Gasteiger partial charge is 0.240 e. The average molecular weight is 456 g/mol. The molecule has 3 N–H and O–H groups in total. The average Bonchev–Trinajstić information content (AvgIpc) is 2.70. The van der Waals surface area contributed by atoms with Crippen molar-refractivity contribution in [2.24, 2.45) is 0 Å². The van der Waals surface area contributed by atoms with E-state index >= 15 is 0 Å². The second-order valence-corrected chi connectivity index (χ2v) is 9.96. The van der Waals surface area contributed by atoms with Crippen molar-refractivity contribution in [1.82, 2.24) is 4.72 Å². The van der Waals surface area contributed by atoms with Gasteiger partial charge < -0.3 is 10.1 Å². The standard InChI is InChI=1S/C19H25N3O6S2/c1-3-28-17-9-11-18(12-10-17)30(26,27)20-14-13-19(23)21-15-5-7-16(8-6-15)22-29(24,25)4-2/h5-12,20,22H,3-4,13-14H2,1-2H3,(H,21,23). The van der Waals surface area contributed by atoms with E-state index < -0.39 is 20.0 Å². The van der Waals surface area contributed by atoms with E-state index in [0.717, 1.165) is 0 Å². The summed E-state index contributed by atoms with van der Waals surface area (Å²) in [6.45, 7) is 3.77. The summed E-state index contributed by atoms with van der Waals surface area (Å²) >= 11 is 0. The van der Waals surface area contributed by atoms with E-state index in [4.69, 9.17) is 4.74 Å². The fourth-order valence-electron chi connectivity index (χ4n) is 2.36. The van der Waals surface area contributed by atoms with Crippen LogP contribution in [-0.2, 0) is 24.8 Å². The van der Waals surface area contributed by atoms with Crippen molar-refractivity contribution in [3.63, 3.8) is 0 Å². The quantitative estimate of drug-likeness (QED) is 0.476. The predicted octanol–water partition coefficient (Wildman–Crippen LogP) is 2.15. The number of nitrogens with one attached hydrogen (secondary N) is 3. The molecule has 0 bridgehead atoms. The van der Waals surface area contributed by atoms with Gasteiger partial charge in [0.25, 0.3) is 0 Å². The third-order valence-electron chi connectivity index (χ3n) is 3.91. The minimum Gasteiger partial charge on any atom is -0.494 e. The first-order valence-corrected chi connectivity index (χ1v) is 12.4. The molecule has 2 aromatic carbocycles. The van der Waals surface area contributed by atoms with Crippen molar-refractivity contribution in [3.8, 4) is 5.75 Å². The maximum Gasteiger partial charge on any atom is 0.240 e. The fraction of sp³-hybridized carbons (Fsp3) is 0.316. The fourth-order valence-corrected chi connectivity index (χ4v) is 4.03. The van der Waals surface area contributed by atoms with Gasteiger partial charge in [0, 0.05) is 24.3 Å². The van der Waals surface area contributed by atoms with Crippen molar-refractivity contribution in [1.29, 1.82) is 0 Å².